The third kappa shape index (κ3) is 1.72. The van der Waals surface area contributed by atoms with Crippen LogP contribution in [0.1, 0.15) is 6.42 Å². The summed E-state index contributed by atoms with van der Waals surface area (Å²) in [7, 11) is 0. The second kappa shape index (κ2) is 3.52. The summed E-state index contributed by atoms with van der Waals surface area (Å²) in [6, 6.07) is 0.811. The highest BCUT2D eigenvalue weighted by molar-refractivity contribution is 4.82. The first kappa shape index (κ1) is 7.53. The topological polar surface area (TPSA) is 29.4 Å². The molecule has 0 amide bonds. The van der Waals surface area contributed by atoms with Gasteiger partial charge in [-0.3, -0.25) is 4.90 Å². The molecule has 3 nitrogen and oxygen atoms in total. The summed E-state index contributed by atoms with van der Waals surface area (Å²) >= 11 is 0. The first-order valence-electron chi connectivity index (χ1n) is 4.55. The Bertz CT molecular complexity index is 115. The minimum absolute atomic E-state index is 0.811. The van der Waals surface area contributed by atoms with E-state index in [1.807, 2.05) is 0 Å². The largest absolute Gasteiger partial charge is 0.315 e. The van der Waals surface area contributed by atoms with Crippen LogP contribution in [-0.4, -0.2) is 50.2 Å². The van der Waals surface area contributed by atoms with E-state index in [1.54, 1.807) is 0 Å². The normalized spacial score (nSPS) is 34.4. The Morgan fingerprint density at radius 3 is 2.73 bits per heavy atom. The van der Waals surface area contributed by atoms with E-state index < -0.39 is 0 Å². The van der Waals surface area contributed by atoms with E-state index in [0.29, 0.717) is 0 Å². The molecule has 1 atom stereocenters. The first-order valence-corrected chi connectivity index (χ1v) is 4.55. The molecule has 0 aromatic rings. The molecule has 0 spiro atoms. The molecule has 0 bridgehead atoms. The second-order valence-electron chi connectivity index (χ2n) is 3.35. The van der Waals surface area contributed by atoms with Gasteiger partial charge in [0.25, 0.3) is 0 Å². The predicted molar refractivity (Wildman–Crippen MR) is 44.7 cm³/mol. The molecule has 2 fully saturated rings. The van der Waals surface area contributed by atoms with Gasteiger partial charge in [-0.05, 0) is 13.0 Å². The smallest absolute Gasteiger partial charge is 0.0261 e. The summed E-state index contributed by atoms with van der Waals surface area (Å²) in [6.45, 7) is 6.88. The Morgan fingerprint density at radius 1 is 1.27 bits per heavy atom. The molecule has 0 aromatic carbocycles. The van der Waals surface area contributed by atoms with Crippen LogP contribution >= 0.6 is 0 Å². The molecule has 3 heteroatoms. The molecule has 1 radical (unpaired) electrons. The standard InChI is InChI=1S/C8H16N3/c1-2-10-7-8(1)11-5-3-9-4-6-11/h8,10H,1-7H2. The molecular formula is C8H16N3. The van der Waals surface area contributed by atoms with Crippen LogP contribution in [0.5, 0.6) is 0 Å². The Hall–Kier alpha value is -0.120. The lowest BCUT2D eigenvalue weighted by atomic mass is 10.2. The van der Waals surface area contributed by atoms with Gasteiger partial charge in [-0.2, -0.15) is 0 Å². The SMILES string of the molecule is C1CN(C2CCNC2)CC[N]1. The zero-order chi connectivity index (χ0) is 7.52. The third-order valence-electron chi connectivity index (χ3n) is 2.64. The number of nitrogens with one attached hydrogen (secondary N) is 1. The van der Waals surface area contributed by atoms with Gasteiger partial charge in [0.15, 0.2) is 0 Å². The Kier molecular flexibility index (Phi) is 2.41. The number of nitrogens with zero attached hydrogens (tertiary/aromatic N) is 2. The fraction of sp³-hybridized carbons (Fsp3) is 1.00. The molecule has 2 rings (SSSR count). The zero-order valence-electron chi connectivity index (χ0n) is 6.92. The van der Waals surface area contributed by atoms with Gasteiger partial charge in [0.1, 0.15) is 0 Å². The predicted octanol–water partition coefficient (Wildman–Crippen LogP) is -0.732. The number of hydrogen-bond donors (Lipinski definition) is 1. The molecule has 1 unspecified atom stereocenters. The van der Waals surface area contributed by atoms with Gasteiger partial charge in [-0.15, -0.1) is 0 Å². The molecular weight excluding hydrogens is 138 g/mol. The van der Waals surface area contributed by atoms with Gasteiger partial charge >= 0.3 is 0 Å². The van der Waals surface area contributed by atoms with Crippen LogP contribution in [-0.2, 0) is 0 Å². The van der Waals surface area contributed by atoms with Gasteiger partial charge in [0.2, 0.25) is 0 Å². The van der Waals surface area contributed by atoms with Gasteiger partial charge in [0, 0.05) is 38.8 Å². The monoisotopic (exact) mass is 154 g/mol. The average Bonchev–Trinajstić information content (AvgIpc) is 2.58. The van der Waals surface area contributed by atoms with Crippen molar-refractivity contribution in [1.29, 1.82) is 0 Å². The van der Waals surface area contributed by atoms with E-state index in [9.17, 15) is 0 Å². The highest BCUT2D eigenvalue weighted by Crippen LogP contribution is 2.08. The van der Waals surface area contributed by atoms with Crippen molar-refractivity contribution in [3.63, 3.8) is 0 Å². The lowest BCUT2D eigenvalue weighted by molar-refractivity contribution is 0.182. The summed E-state index contributed by atoms with van der Waals surface area (Å²) in [5.74, 6) is 0. The van der Waals surface area contributed by atoms with Crippen molar-refractivity contribution in [3.8, 4) is 0 Å². The van der Waals surface area contributed by atoms with Gasteiger partial charge in [0.05, 0.1) is 0 Å². The maximum absolute atomic E-state index is 4.34. The number of rotatable bonds is 1. The van der Waals surface area contributed by atoms with Crippen molar-refractivity contribution in [2.75, 3.05) is 39.3 Å². The Labute approximate surface area is 68.1 Å². The summed E-state index contributed by atoms with van der Waals surface area (Å²) < 4.78 is 0. The molecule has 2 aliphatic rings. The summed E-state index contributed by atoms with van der Waals surface area (Å²) in [4.78, 5) is 2.58. The average molecular weight is 154 g/mol. The Balaban J connectivity index is 1.82. The molecule has 2 aliphatic heterocycles. The molecule has 0 aromatic heterocycles. The molecule has 11 heavy (non-hydrogen) atoms. The maximum Gasteiger partial charge on any atom is 0.0261 e. The maximum atomic E-state index is 4.34. The quantitative estimate of drug-likeness (QED) is 0.539. The van der Waals surface area contributed by atoms with E-state index in [2.05, 4.69) is 15.5 Å². The lowest BCUT2D eigenvalue weighted by Crippen LogP contribution is -2.46. The lowest BCUT2D eigenvalue weighted by Gasteiger charge is -2.31. The highest BCUT2D eigenvalue weighted by atomic mass is 15.2. The van der Waals surface area contributed by atoms with Crippen LogP contribution in [0.3, 0.4) is 0 Å². The molecule has 63 valence electrons. The number of hydrogen-bond acceptors (Lipinski definition) is 2. The van der Waals surface area contributed by atoms with E-state index in [4.69, 9.17) is 0 Å². The van der Waals surface area contributed by atoms with Crippen LogP contribution < -0.4 is 10.6 Å². The van der Waals surface area contributed by atoms with Crippen molar-refractivity contribution in [3.05, 3.63) is 0 Å². The molecule has 1 N–H and O–H groups in total. The number of piperazine rings is 1. The van der Waals surface area contributed by atoms with Crippen molar-refractivity contribution >= 4 is 0 Å². The van der Waals surface area contributed by atoms with E-state index >= 15 is 0 Å². The van der Waals surface area contributed by atoms with Gasteiger partial charge < -0.3 is 5.32 Å². The minimum atomic E-state index is 0.811. The molecule has 2 heterocycles. The summed E-state index contributed by atoms with van der Waals surface area (Å²) in [5, 5.41) is 7.73. The van der Waals surface area contributed by atoms with Crippen LogP contribution in [0.25, 0.3) is 0 Å². The molecule has 2 saturated heterocycles. The third-order valence-corrected chi connectivity index (χ3v) is 2.64. The highest BCUT2D eigenvalue weighted by Gasteiger charge is 2.23. The van der Waals surface area contributed by atoms with Crippen molar-refractivity contribution in [2.24, 2.45) is 0 Å². The van der Waals surface area contributed by atoms with Gasteiger partial charge in [-0.1, -0.05) is 0 Å². The van der Waals surface area contributed by atoms with Crippen molar-refractivity contribution < 1.29 is 0 Å². The van der Waals surface area contributed by atoms with Crippen LogP contribution in [0.15, 0.2) is 0 Å². The molecule has 0 saturated carbocycles. The Morgan fingerprint density at radius 2 is 2.09 bits per heavy atom. The van der Waals surface area contributed by atoms with Crippen LogP contribution in [0.2, 0.25) is 0 Å². The summed E-state index contributed by atoms with van der Waals surface area (Å²) in [6.07, 6.45) is 1.33. The van der Waals surface area contributed by atoms with E-state index in [-0.39, 0.29) is 0 Å². The fourth-order valence-corrected chi connectivity index (χ4v) is 1.94. The zero-order valence-corrected chi connectivity index (χ0v) is 6.92. The van der Waals surface area contributed by atoms with Crippen molar-refractivity contribution in [1.82, 2.24) is 15.5 Å². The van der Waals surface area contributed by atoms with Gasteiger partial charge in [-0.25, -0.2) is 5.32 Å². The molecule has 0 aliphatic carbocycles. The first-order chi connectivity index (χ1) is 5.47. The van der Waals surface area contributed by atoms with E-state index in [1.165, 1.54) is 32.6 Å². The van der Waals surface area contributed by atoms with Crippen molar-refractivity contribution in [2.45, 2.75) is 12.5 Å². The fourth-order valence-electron chi connectivity index (χ4n) is 1.94. The van der Waals surface area contributed by atoms with Crippen LogP contribution in [0, 0.1) is 0 Å². The minimum Gasteiger partial charge on any atom is -0.315 e. The van der Waals surface area contributed by atoms with Crippen LogP contribution in [0.4, 0.5) is 0 Å². The van der Waals surface area contributed by atoms with E-state index in [0.717, 1.165) is 19.1 Å². The summed E-state index contributed by atoms with van der Waals surface area (Å²) in [5.41, 5.74) is 0. The second-order valence-corrected chi connectivity index (χ2v) is 3.35.